The fraction of sp³-hybridized carbons (Fsp3) is 0.350. The Morgan fingerprint density at radius 3 is 2.43 bits per heavy atom. The quantitative estimate of drug-likeness (QED) is 0.748. The van der Waals surface area contributed by atoms with Crippen LogP contribution >= 0.6 is 0 Å². The summed E-state index contributed by atoms with van der Waals surface area (Å²) in [4.78, 5) is 14.0. The van der Waals surface area contributed by atoms with Crippen molar-refractivity contribution in [1.82, 2.24) is 4.31 Å². The van der Waals surface area contributed by atoms with Crippen LogP contribution in [0.4, 0.5) is 5.69 Å². The predicted octanol–water partition coefficient (Wildman–Crippen LogP) is 0.857. The number of piperazine rings is 1. The maximum Gasteiger partial charge on any atom is 0.255 e. The van der Waals surface area contributed by atoms with Crippen LogP contribution in [0.5, 0.6) is 5.75 Å². The molecule has 0 saturated carbocycles. The first-order valence-corrected chi connectivity index (χ1v) is 10.8. The van der Waals surface area contributed by atoms with Crippen molar-refractivity contribution in [2.75, 3.05) is 45.2 Å². The Morgan fingerprint density at radius 2 is 1.82 bits per heavy atom. The number of sulfonamides is 1. The number of carbonyl (C=O) groups excluding carboxylic acids is 1. The minimum Gasteiger partial charge on any atom is -0.495 e. The van der Waals surface area contributed by atoms with Crippen LogP contribution in [-0.4, -0.2) is 58.5 Å². The van der Waals surface area contributed by atoms with Gasteiger partial charge in [-0.1, -0.05) is 18.2 Å². The number of hydrogen-bond acceptors (Lipinski definition) is 4. The topological polar surface area (TPSA) is 80.2 Å². The molecular weight excluding hydrogens is 378 g/mol. The zero-order chi connectivity index (χ0) is 20.1. The molecule has 1 heterocycles. The number of likely N-dealkylation sites (N-methyl/N-ethyl adjacent to an activating group) is 1. The smallest absolute Gasteiger partial charge is 0.255 e. The van der Waals surface area contributed by atoms with Crippen LogP contribution in [0.2, 0.25) is 0 Å². The summed E-state index contributed by atoms with van der Waals surface area (Å²) < 4.78 is 32.9. The number of nitrogens with one attached hydrogen (secondary N) is 2. The third-order valence-corrected chi connectivity index (χ3v) is 6.92. The lowest BCUT2D eigenvalue weighted by atomic mass is 10.2. The number of rotatable bonds is 6. The number of ether oxygens (including phenoxy) is 1. The van der Waals surface area contributed by atoms with Crippen molar-refractivity contribution in [1.29, 1.82) is 0 Å². The summed E-state index contributed by atoms with van der Waals surface area (Å²) in [5, 5.41) is 2.76. The van der Waals surface area contributed by atoms with Crippen molar-refractivity contribution in [3.63, 3.8) is 0 Å². The molecule has 2 aromatic rings. The first-order valence-electron chi connectivity index (χ1n) is 9.34. The first kappa shape index (κ1) is 20.3. The standard InChI is InChI=1S/C20H25N3O4S/c1-3-22-11-13-23(14-12-22)28(25,26)17-9-10-19(27-2)18(15-17)21-20(24)16-7-5-4-6-8-16/h4-10,15H,3,11-14H2,1-2H3,(H,21,24)/p+1. The Kier molecular flexibility index (Phi) is 6.33. The van der Waals surface area contributed by atoms with Gasteiger partial charge in [-0.3, -0.25) is 4.79 Å². The Balaban J connectivity index is 1.85. The lowest BCUT2D eigenvalue weighted by molar-refractivity contribution is -0.901. The van der Waals surface area contributed by atoms with Crippen molar-refractivity contribution in [2.45, 2.75) is 11.8 Å². The number of methoxy groups -OCH3 is 1. The van der Waals surface area contributed by atoms with Crippen molar-refractivity contribution in [3.05, 3.63) is 54.1 Å². The molecule has 7 nitrogen and oxygen atoms in total. The van der Waals surface area contributed by atoms with E-state index in [1.807, 2.05) is 6.07 Å². The maximum absolute atomic E-state index is 13.1. The second-order valence-electron chi connectivity index (χ2n) is 6.69. The van der Waals surface area contributed by atoms with Gasteiger partial charge in [-0.05, 0) is 37.3 Å². The normalized spacial score (nSPS) is 15.9. The summed E-state index contributed by atoms with van der Waals surface area (Å²) in [6.07, 6.45) is 0. The van der Waals surface area contributed by atoms with E-state index in [1.54, 1.807) is 30.3 Å². The van der Waals surface area contributed by atoms with Gasteiger partial charge in [-0.25, -0.2) is 8.42 Å². The van der Waals surface area contributed by atoms with E-state index >= 15 is 0 Å². The number of anilines is 1. The number of amides is 1. The highest BCUT2D eigenvalue weighted by Gasteiger charge is 2.30. The summed E-state index contributed by atoms with van der Waals surface area (Å²) in [5.41, 5.74) is 0.812. The van der Waals surface area contributed by atoms with Gasteiger partial charge in [0, 0.05) is 5.56 Å². The van der Waals surface area contributed by atoms with E-state index in [0.717, 1.165) is 19.6 Å². The highest BCUT2D eigenvalue weighted by Crippen LogP contribution is 2.29. The van der Waals surface area contributed by atoms with Gasteiger partial charge in [0.25, 0.3) is 5.91 Å². The molecule has 0 unspecified atom stereocenters. The third-order valence-electron chi connectivity index (χ3n) is 5.02. The minimum absolute atomic E-state index is 0.150. The molecule has 1 amide bonds. The number of quaternary nitrogens is 1. The average molecular weight is 405 g/mol. The third kappa shape index (κ3) is 4.35. The second-order valence-corrected chi connectivity index (χ2v) is 8.63. The van der Waals surface area contributed by atoms with Crippen LogP contribution in [0, 0.1) is 0 Å². The predicted molar refractivity (Wildman–Crippen MR) is 107 cm³/mol. The second kappa shape index (κ2) is 8.72. The number of carbonyl (C=O) groups is 1. The molecule has 0 aliphatic carbocycles. The van der Waals surface area contributed by atoms with Crippen LogP contribution in [0.25, 0.3) is 0 Å². The van der Waals surface area contributed by atoms with Gasteiger partial charge in [0.05, 0.1) is 50.4 Å². The van der Waals surface area contributed by atoms with E-state index in [2.05, 4.69) is 12.2 Å². The highest BCUT2D eigenvalue weighted by molar-refractivity contribution is 7.89. The number of benzene rings is 2. The van der Waals surface area contributed by atoms with E-state index in [0.29, 0.717) is 30.1 Å². The summed E-state index contributed by atoms with van der Waals surface area (Å²) in [5.74, 6) is 0.0806. The van der Waals surface area contributed by atoms with Crippen LogP contribution in [0.15, 0.2) is 53.4 Å². The molecule has 1 aliphatic heterocycles. The molecule has 3 rings (SSSR count). The molecule has 2 N–H and O–H groups in total. The van der Waals surface area contributed by atoms with E-state index in [-0.39, 0.29) is 10.8 Å². The molecule has 28 heavy (non-hydrogen) atoms. The van der Waals surface area contributed by atoms with Gasteiger partial charge < -0.3 is 15.0 Å². The molecule has 1 aliphatic rings. The van der Waals surface area contributed by atoms with Gasteiger partial charge >= 0.3 is 0 Å². The van der Waals surface area contributed by atoms with Crippen molar-refractivity contribution in [2.24, 2.45) is 0 Å². The van der Waals surface area contributed by atoms with Gasteiger partial charge in [0.1, 0.15) is 5.75 Å². The van der Waals surface area contributed by atoms with Crippen LogP contribution in [0.3, 0.4) is 0 Å². The van der Waals surface area contributed by atoms with E-state index in [4.69, 9.17) is 4.74 Å². The number of nitrogens with zero attached hydrogens (tertiary/aromatic N) is 1. The minimum atomic E-state index is -3.63. The molecular formula is C20H26N3O4S+. The molecule has 0 spiro atoms. The van der Waals surface area contributed by atoms with E-state index in [9.17, 15) is 13.2 Å². The molecule has 0 atom stereocenters. The molecule has 1 fully saturated rings. The maximum atomic E-state index is 13.1. The molecule has 150 valence electrons. The Labute approximate surface area is 166 Å². The zero-order valence-electron chi connectivity index (χ0n) is 16.1. The van der Waals surface area contributed by atoms with Gasteiger partial charge in [0.2, 0.25) is 10.0 Å². The zero-order valence-corrected chi connectivity index (χ0v) is 17.0. The summed E-state index contributed by atoms with van der Waals surface area (Å²) in [6.45, 7) is 5.66. The Hall–Kier alpha value is -2.42. The Morgan fingerprint density at radius 1 is 1.14 bits per heavy atom. The van der Waals surface area contributed by atoms with Gasteiger partial charge in [-0.15, -0.1) is 0 Å². The van der Waals surface area contributed by atoms with Crippen molar-refractivity contribution in [3.8, 4) is 5.75 Å². The van der Waals surface area contributed by atoms with Crippen LogP contribution in [0.1, 0.15) is 17.3 Å². The largest absolute Gasteiger partial charge is 0.495 e. The van der Waals surface area contributed by atoms with Crippen molar-refractivity contribution < 1.29 is 22.8 Å². The molecule has 1 saturated heterocycles. The van der Waals surface area contributed by atoms with Crippen molar-refractivity contribution >= 4 is 21.6 Å². The number of hydrogen-bond donors (Lipinski definition) is 2. The summed E-state index contributed by atoms with van der Waals surface area (Å²) in [7, 11) is -2.15. The average Bonchev–Trinajstić information content (AvgIpc) is 2.74. The fourth-order valence-electron chi connectivity index (χ4n) is 3.27. The Bertz CT molecular complexity index is 924. The van der Waals surface area contributed by atoms with Gasteiger partial charge in [-0.2, -0.15) is 4.31 Å². The summed E-state index contributed by atoms with van der Waals surface area (Å²) in [6, 6.07) is 13.3. The first-order chi connectivity index (χ1) is 13.5. The van der Waals surface area contributed by atoms with E-state index in [1.165, 1.54) is 28.4 Å². The lowest BCUT2D eigenvalue weighted by Gasteiger charge is -2.31. The molecule has 0 aromatic heterocycles. The lowest BCUT2D eigenvalue weighted by Crippen LogP contribution is -3.14. The highest BCUT2D eigenvalue weighted by atomic mass is 32.2. The van der Waals surface area contributed by atoms with E-state index < -0.39 is 10.0 Å². The van der Waals surface area contributed by atoms with Crippen LogP contribution < -0.4 is 15.0 Å². The monoisotopic (exact) mass is 404 g/mol. The molecule has 2 aromatic carbocycles. The van der Waals surface area contributed by atoms with Crippen LogP contribution in [-0.2, 0) is 10.0 Å². The fourth-order valence-corrected chi connectivity index (χ4v) is 4.74. The van der Waals surface area contributed by atoms with Gasteiger partial charge in [0.15, 0.2) is 0 Å². The summed E-state index contributed by atoms with van der Waals surface area (Å²) >= 11 is 0. The SMILES string of the molecule is CC[NH+]1CCN(S(=O)(=O)c2ccc(OC)c(NC(=O)c3ccccc3)c2)CC1. The molecule has 0 bridgehead atoms. The molecule has 0 radical (unpaired) electrons. The molecule has 8 heteroatoms.